The number of nitrogens with zero attached hydrogens (tertiary/aromatic N) is 6. The van der Waals surface area contributed by atoms with Crippen molar-refractivity contribution in [1.29, 1.82) is 0 Å². The molecule has 0 bridgehead atoms. The Morgan fingerprint density at radius 3 is 2.43 bits per heavy atom. The molecule has 2 aromatic rings. The van der Waals surface area contributed by atoms with E-state index in [4.69, 9.17) is 11.6 Å². The maximum absolute atomic E-state index is 12.9. The van der Waals surface area contributed by atoms with Crippen LogP contribution in [0.2, 0.25) is 5.02 Å². The molecule has 7 nitrogen and oxygen atoms in total. The largest absolute Gasteiger partial charge is 0.339 e. The molecule has 3 heterocycles. The zero-order valence-corrected chi connectivity index (χ0v) is 17.1. The van der Waals surface area contributed by atoms with Gasteiger partial charge in [0.1, 0.15) is 12.2 Å². The van der Waals surface area contributed by atoms with E-state index in [-0.39, 0.29) is 17.5 Å². The second-order valence-electron chi connectivity index (χ2n) is 7.00. The SMILES string of the molecule is CCn1cc(CN2CCN(C(=O)Cn3nc(C(F)F)c(Cl)c3C)CC2)c(C)n1. The van der Waals surface area contributed by atoms with Gasteiger partial charge in [-0.25, -0.2) is 8.78 Å². The predicted molar refractivity (Wildman–Crippen MR) is 101 cm³/mol. The van der Waals surface area contributed by atoms with Crippen LogP contribution in [0.15, 0.2) is 6.20 Å². The van der Waals surface area contributed by atoms with Gasteiger partial charge in [-0.3, -0.25) is 19.1 Å². The average molecular weight is 415 g/mol. The van der Waals surface area contributed by atoms with Crippen molar-refractivity contribution >= 4 is 17.5 Å². The number of aryl methyl sites for hydroxylation is 2. The van der Waals surface area contributed by atoms with Crippen molar-refractivity contribution in [3.63, 3.8) is 0 Å². The maximum Gasteiger partial charge on any atom is 0.283 e. The van der Waals surface area contributed by atoms with E-state index in [1.165, 1.54) is 10.2 Å². The van der Waals surface area contributed by atoms with Crippen LogP contribution in [-0.4, -0.2) is 61.4 Å². The number of hydrogen-bond donors (Lipinski definition) is 0. The molecular formula is C18H25ClF2N6O. The highest BCUT2D eigenvalue weighted by atomic mass is 35.5. The van der Waals surface area contributed by atoms with E-state index in [0.29, 0.717) is 18.8 Å². The highest BCUT2D eigenvalue weighted by Crippen LogP contribution is 2.28. The molecule has 2 aromatic heterocycles. The Morgan fingerprint density at radius 1 is 1.21 bits per heavy atom. The number of amides is 1. The quantitative estimate of drug-likeness (QED) is 0.729. The lowest BCUT2D eigenvalue weighted by Gasteiger charge is -2.34. The van der Waals surface area contributed by atoms with E-state index in [1.54, 1.807) is 11.8 Å². The molecule has 154 valence electrons. The number of aromatic nitrogens is 4. The minimum atomic E-state index is -2.76. The van der Waals surface area contributed by atoms with E-state index >= 15 is 0 Å². The number of halogens is 3. The van der Waals surface area contributed by atoms with Crippen molar-refractivity contribution in [3.05, 3.63) is 33.9 Å². The summed E-state index contributed by atoms with van der Waals surface area (Å²) in [4.78, 5) is 16.6. The van der Waals surface area contributed by atoms with Crippen LogP contribution in [0.25, 0.3) is 0 Å². The van der Waals surface area contributed by atoms with Crippen LogP contribution in [0, 0.1) is 13.8 Å². The Morgan fingerprint density at radius 2 is 1.89 bits per heavy atom. The standard InChI is InChI=1S/C18H25ClF2N6O/c1-4-26-10-14(12(2)22-26)9-24-5-7-25(8-6-24)15(28)11-27-13(3)16(19)17(23-27)18(20)21/h10,18H,4-9,11H2,1-3H3. The summed E-state index contributed by atoms with van der Waals surface area (Å²) in [5, 5.41) is 8.19. The van der Waals surface area contributed by atoms with E-state index < -0.39 is 12.1 Å². The first kappa shape index (κ1) is 20.7. The molecule has 0 unspecified atom stereocenters. The fourth-order valence-corrected chi connectivity index (χ4v) is 3.56. The molecule has 0 aromatic carbocycles. The second-order valence-corrected chi connectivity index (χ2v) is 7.37. The van der Waals surface area contributed by atoms with E-state index in [1.807, 2.05) is 11.6 Å². The van der Waals surface area contributed by atoms with Crippen LogP contribution in [0.4, 0.5) is 8.78 Å². The smallest absolute Gasteiger partial charge is 0.283 e. The summed E-state index contributed by atoms with van der Waals surface area (Å²) in [6.07, 6.45) is -0.691. The predicted octanol–water partition coefficient (Wildman–Crippen LogP) is 2.65. The van der Waals surface area contributed by atoms with Gasteiger partial charge in [0.2, 0.25) is 5.91 Å². The van der Waals surface area contributed by atoms with Gasteiger partial charge < -0.3 is 4.90 Å². The van der Waals surface area contributed by atoms with Crippen molar-refractivity contribution in [1.82, 2.24) is 29.4 Å². The summed E-state index contributed by atoms with van der Waals surface area (Å²) in [6.45, 7) is 9.91. The van der Waals surface area contributed by atoms with Crippen LogP contribution >= 0.6 is 11.6 Å². The Labute approximate surface area is 167 Å². The fraction of sp³-hybridized carbons (Fsp3) is 0.611. The fourth-order valence-electron chi connectivity index (χ4n) is 3.34. The van der Waals surface area contributed by atoms with Gasteiger partial charge in [0, 0.05) is 51.0 Å². The number of carbonyl (C=O) groups excluding carboxylic acids is 1. The molecule has 1 aliphatic heterocycles. The lowest BCUT2D eigenvalue weighted by molar-refractivity contribution is -0.133. The third kappa shape index (κ3) is 4.35. The lowest BCUT2D eigenvalue weighted by atomic mass is 10.2. The van der Waals surface area contributed by atoms with Crippen LogP contribution in [0.3, 0.4) is 0 Å². The first-order valence-electron chi connectivity index (χ1n) is 9.34. The Kier molecular flexibility index (Phi) is 6.34. The molecule has 28 heavy (non-hydrogen) atoms. The molecule has 0 atom stereocenters. The van der Waals surface area contributed by atoms with Crippen molar-refractivity contribution in [3.8, 4) is 0 Å². The Balaban J connectivity index is 1.55. The van der Waals surface area contributed by atoms with Gasteiger partial charge in [-0.15, -0.1) is 0 Å². The van der Waals surface area contributed by atoms with Crippen LogP contribution < -0.4 is 0 Å². The Bertz CT molecular complexity index is 841. The molecule has 3 rings (SSSR count). The van der Waals surface area contributed by atoms with Gasteiger partial charge in [0.15, 0.2) is 0 Å². The monoisotopic (exact) mass is 414 g/mol. The van der Waals surface area contributed by atoms with E-state index in [0.717, 1.165) is 31.9 Å². The topological polar surface area (TPSA) is 59.2 Å². The molecule has 1 saturated heterocycles. The van der Waals surface area contributed by atoms with Crippen LogP contribution in [-0.2, 0) is 24.4 Å². The van der Waals surface area contributed by atoms with Gasteiger partial charge in [0.25, 0.3) is 6.43 Å². The summed E-state index contributed by atoms with van der Waals surface area (Å²) in [5.74, 6) is -0.141. The maximum atomic E-state index is 12.9. The van der Waals surface area contributed by atoms with Crippen LogP contribution in [0.1, 0.15) is 36.0 Å². The van der Waals surface area contributed by atoms with E-state index in [2.05, 4.69) is 28.2 Å². The number of rotatable bonds is 6. The van der Waals surface area contributed by atoms with Crippen LogP contribution in [0.5, 0.6) is 0 Å². The zero-order valence-electron chi connectivity index (χ0n) is 16.3. The summed E-state index contributed by atoms with van der Waals surface area (Å²) in [7, 11) is 0. The molecular weight excluding hydrogens is 390 g/mol. The molecule has 0 aliphatic carbocycles. The molecule has 0 spiro atoms. The first-order chi connectivity index (χ1) is 13.3. The van der Waals surface area contributed by atoms with Gasteiger partial charge in [-0.1, -0.05) is 11.6 Å². The van der Waals surface area contributed by atoms with Crippen molar-refractivity contribution < 1.29 is 13.6 Å². The molecule has 1 amide bonds. The van der Waals surface area contributed by atoms with Gasteiger partial charge in [-0.2, -0.15) is 10.2 Å². The van der Waals surface area contributed by atoms with E-state index in [9.17, 15) is 13.6 Å². The molecule has 1 aliphatic rings. The highest BCUT2D eigenvalue weighted by molar-refractivity contribution is 6.31. The number of hydrogen-bond acceptors (Lipinski definition) is 4. The first-order valence-corrected chi connectivity index (χ1v) is 9.72. The summed E-state index contributed by atoms with van der Waals surface area (Å²) in [6, 6.07) is 0. The Hall–Kier alpha value is -2.00. The van der Waals surface area contributed by atoms with Gasteiger partial charge in [-0.05, 0) is 20.8 Å². The third-order valence-corrected chi connectivity index (χ3v) is 5.61. The average Bonchev–Trinajstić information content (AvgIpc) is 3.16. The third-order valence-electron chi connectivity index (χ3n) is 5.14. The van der Waals surface area contributed by atoms with Gasteiger partial charge >= 0.3 is 0 Å². The molecule has 0 radical (unpaired) electrons. The van der Waals surface area contributed by atoms with Crippen molar-refractivity contribution in [2.45, 2.75) is 46.8 Å². The lowest BCUT2D eigenvalue weighted by Crippen LogP contribution is -2.49. The molecule has 0 saturated carbocycles. The number of carbonyl (C=O) groups is 1. The second kappa shape index (κ2) is 8.57. The molecule has 10 heteroatoms. The summed E-state index contributed by atoms with van der Waals surface area (Å²) >= 11 is 5.90. The summed E-state index contributed by atoms with van der Waals surface area (Å²) < 4.78 is 29.0. The van der Waals surface area contributed by atoms with Crippen molar-refractivity contribution in [2.24, 2.45) is 0 Å². The van der Waals surface area contributed by atoms with Gasteiger partial charge in [0.05, 0.1) is 16.4 Å². The number of piperazine rings is 1. The minimum Gasteiger partial charge on any atom is -0.339 e. The zero-order chi connectivity index (χ0) is 20.4. The van der Waals surface area contributed by atoms with Crippen molar-refractivity contribution in [2.75, 3.05) is 26.2 Å². The highest BCUT2D eigenvalue weighted by Gasteiger charge is 2.25. The normalized spacial score (nSPS) is 15.6. The molecule has 1 fully saturated rings. The number of alkyl halides is 2. The minimum absolute atomic E-state index is 0.0735. The summed E-state index contributed by atoms with van der Waals surface area (Å²) in [5.41, 5.74) is 2.14. The molecule has 0 N–H and O–H groups in total.